The Morgan fingerprint density at radius 3 is 2.11 bits per heavy atom. The normalized spacial score (nSPS) is 22.8. The summed E-state index contributed by atoms with van der Waals surface area (Å²) in [5.41, 5.74) is 2.28. The second-order valence-corrected chi connectivity index (χ2v) is 11.2. The average molecular weight is 588 g/mol. The molecule has 220 valence electrons. The van der Waals surface area contributed by atoms with E-state index in [2.05, 4.69) is 5.32 Å². The molecule has 0 saturated carbocycles. The highest BCUT2D eigenvalue weighted by Gasteiger charge is 2.68. The number of nitro benzene ring substituents is 1. The fourth-order valence-corrected chi connectivity index (χ4v) is 6.40. The van der Waals surface area contributed by atoms with Gasteiger partial charge in [-0.25, -0.2) is 4.90 Å². The Balaban J connectivity index is 1.41. The molecule has 2 saturated heterocycles. The predicted octanol–water partition coefficient (Wildman–Crippen LogP) is 5.59. The van der Waals surface area contributed by atoms with E-state index >= 15 is 0 Å². The number of aryl methyl sites for hydroxylation is 1. The van der Waals surface area contributed by atoms with Crippen molar-refractivity contribution in [1.29, 1.82) is 0 Å². The van der Waals surface area contributed by atoms with Gasteiger partial charge in [-0.2, -0.15) is 0 Å². The maximum absolute atomic E-state index is 14.2. The summed E-state index contributed by atoms with van der Waals surface area (Å²) < 4.78 is 0. The number of hydrogen-bond acceptors (Lipinski definition) is 6. The highest BCUT2D eigenvalue weighted by Crippen LogP contribution is 2.51. The Bertz CT molecular complexity index is 1790. The first-order chi connectivity index (χ1) is 21.2. The van der Waals surface area contributed by atoms with Crippen LogP contribution in [-0.4, -0.2) is 33.4 Å². The molecule has 4 atom stereocenters. The van der Waals surface area contributed by atoms with E-state index < -0.39 is 46.1 Å². The fourth-order valence-electron chi connectivity index (χ4n) is 6.40. The van der Waals surface area contributed by atoms with Crippen molar-refractivity contribution in [2.45, 2.75) is 24.9 Å². The minimum atomic E-state index is -1.85. The number of nitro groups is 1. The monoisotopic (exact) mass is 587 g/mol. The second-order valence-electron chi connectivity index (χ2n) is 11.2. The van der Waals surface area contributed by atoms with Gasteiger partial charge in [0, 0.05) is 24.6 Å². The van der Waals surface area contributed by atoms with E-state index in [1.54, 1.807) is 31.2 Å². The van der Waals surface area contributed by atoms with Crippen LogP contribution in [0.1, 0.15) is 33.9 Å². The molecule has 2 aliphatic heterocycles. The summed E-state index contributed by atoms with van der Waals surface area (Å²) in [5.74, 6) is -4.53. The van der Waals surface area contributed by atoms with Gasteiger partial charge in [-0.3, -0.25) is 29.8 Å². The van der Waals surface area contributed by atoms with Gasteiger partial charge in [-0.15, -0.1) is 0 Å². The molecule has 0 spiro atoms. The number of para-hydroxylation sites is 1. The molecule has 2 amide bonds. The number of rotatable bonds is 8. The lowest BCUT2D eigenvalue weighted by molar-refractivity contribution is -0.384. The topological polar surface area (TPSA) is 130 Å². The quantitative estimate of drug-likeness (QED) is 0.119. The number of anilines is 1. The first-order valence-electron chi connectivity index (χ1n) is 14.2. The fraction of sp³-hybridized carbons (Fsp3) is 0.171. The molecule has 0 bridgehead atoms. The lowest BCUT2D eigenvalue weighted by Crippen LogP contribution is -2.57. The van der Waals surface area contributed by atoms with Crippen molar-refractivity contribution in [2.75, 3.05) is 4.90 Å². The van der Waals surface area contributed by atoms with Crippen LogP contribution in [0, 0.1) is 28.9 Å². The maximum Gasteiger partial charge on any atom is 0.325 e. The molecule has 2 fully saturated rings. The standard InChI is InChI=1S/C35H29N3O6/c1-22-7-5-6-10-28(22)37-32(39)29-30(33(37)40)35(34(41)42,21-25-15-19-27(20-16-25)38(43)44)36-31(29)26-17-13-24(14-18-26)12-11-23-8-3-2-4-9-23/h2-20,29-31,36H,21H2,1H3,(H,41,42). The molecule has 0 aromatic heterocycles. The Morgan fingerprint density at radius 2 is 1.50 bits per heavy atom. The number of aliphatic carboxylic acids is 1. The third-order valence-corrected chi connectivity index (χ3v) is 8.59. The van der Waals surface area contributed by atoms with E-state index in [1.165, 1.54) is 24.3 Å². The van der Waals surface area contributed by atoms with Crippen LogP contribution >= 0.6 is 0 Å². The number of nitrogens with one attached hydrogen (secondary N) is 1. The zero-order valence-corrected chi connectivity index (χ0v) is 23.8. The number of carboxylic acids is 1. The second kappa shape index (κ2) is 11.3. The van der Waals surface area contributed by atoms with E-state index in [9.17, 15) is 29.6 Å². The summed E-state index contributed by atoms with van der Waals surface area (Å²) in [4.78, 5) is 53.3. The number of amides is 2. The number of benzene rings is 4. The molecule has 9 heteroatoms. The summed E-state index contributed by atoms with van der Waals surface area (Å²) in [6.07, 6.45) is 3.79. The molecule has 4 unspecified atom stereocenters. The van der Waals surface area contributed by atoms with Gasteiger partial charge in [0.2, 0.25) is 11.8 Å². The largest absolute Gasteiger partial charge is 0.480 e. The molecule has 6 rings (SSSR count). The molecule has 2 heterocycles. The lowest BCUT2D eigenvalue weighted by atomic mass is 9.76. The smallest absolute Gasteiger partial charge is 0.325 e. The number of carboxylic acid groups (broad SMARTS) is 1. The summed E-state index contributed by atoms with van der Waals surface area (Å²) in [7, 11) is 0. The minimum Gasteiger partial charge on any atom is -0.480 e. The number of fused-ring (bicyclic) bond motifs is 1. The van der Waals surface area contributed by atoms with E-state index in [0.717, 1.165) is 16.0 Å². The Labute approximate surface area is 253 Å². The zero-order valence-electron chi connectivity index (χ0n) is 23.8. The molecule has 0 radical (unpaired) electrons. The van der Waals surface area contributed by atoms with E-state index in [-0.39, 0.29) is 12.1 Å². The van der Waals surface area contributed by atoms with Crippen molar-refractivity contribution < 1.29 is 24.4 Å². The van der Waals surface area contributed by atoms with Crippen LogP contribution in [-0.2, 0) is 20.8 Å². The van der Waals surface area contributed by atoms with Gasteiger partial charge in [-0.05, 0) is 40.8 Å². The number of carbonyl (C=O) groups excluding carboxylic acids is 2. The average Bonchev–Trinajstić information content (AvgIpc) is 3.51. The molecule has 0 aliphatic carbocycles. The summed E-state index contributed by atoms with van der Waals surface area (Å²) in [6, 6.07) is 29.1. The molecular formula is C35H29N3O6. The zero-order chi connectivity index (χ0) is 31.0. The van der Waals surface area contributed by atoms with Crippen LogP contribution in [0.2, 0.25) is 0 Å². The molecule has 4 aromatic rings. The predicted molar refractivity (Wildman–Crippen MR) is 166 cm³/mol. The Kier molecular flexibility index (Phi) is 7.40. The van der Waals surface area contributed by atoms with E-state index in [4.69, 9.17) is 0 Å². The van der Waals surface area contributed by atoms with Crippen molar-refractivity contribution in [3.05, 3.63) is 141 Å². The highest BCUT2D eigenvalue weighted by molar-refractivity contribution is 6.24. The molecule has 2 aliphatic rings. The van der Waals surface area contributed by atoms with Crippen LogP contribution in [0.3, 0.4) is 0 Å². The first kappa shape index (κ1) is 28.7. The van der Waals surface area contributed by atoms with Gasteiger partial charge in [0.25, 0.3) is 5.69 Å². The van der Waals surface area contributed by atoms with Crippen molar-refractivity contribution in [3.8, 4) is 0 Å². The van der Waals surface area contributed by atoms with Crippen LogP contribution < -0.4 is 10.2 Å². The maximum atomic E-state index is 14.2. The minimum absolute atomic E-state index is 0.132. The summed E-state index contributed by atoms with van der Waals surface area (Å²) >= 11 is 0. The Hall–Kier alpha value is -5.41. The van der Waals surface area contributed by atoms with Crippen molar-refractivity contribution in [2.24, 2.45) is 11.8 Å². The number of imide groups is 1. The SMILES string of the molecule is Cc1ccccc1N1C(=O)C2C(c3ccc(C=Cc4ccccc4)cc3)NC(Cc3ccc([N+](=O)[O-])cc3)(C(=O)O)C2C1=O. The van der Waals surface area contributed by atoms with Crippen LogP contribution in [0.15, 0.2) is 103 Å². The molecule has 4 aromatic carbocycles. The molecule has 9 nitrogen and oxygen atoms in total. The first-order valence-corrected chi connectivity index (χ1v) is 14.2. The van der Waals surface area contributed by atoms with Crippen LogP contribution in [0.5, 0.6) is 0 Å². The molecular weight excluding hydrogens is 558 g/mol. The van der Waals surface area contributed by atoms with Gasteiger partial charge in [0.1, 0.15) is 5.54 Å². The summed E-state index contributed by atoms with van der Waals surface area (Å²) in [5, 5.41) is 25.2. The van der Waals surface area contributed by atoms with Crippen molar-refractivity contribution >= 4 is 41.3 Å². The van der Waals surface area contributed by atoms with Crippen molar-refractivity contribution in [3.63, 3.8) is 0 Å². The lowest BCUT2D eigenvalue weighted by Gasteiger charge is -2.31. The summed E-state index contributed by atoms with van der Waals surface area (Å²) in [6.45, 7) is 1.79. The number of non-ortho nitro benzene ring substituents is 1. The van der Waals surface area contributed by atoms with Crippen molar-refractivity contribution in [1.82, 2.24) is 5.32 Å². The number of nitrogens with zero attached hydrogens (tertiary/aromatic N) is 2. The highest BCUT2D eigenvalue weighted by atomic mass is 16.6. The third kappa shape index (κ3) is 4.97. The van der Waals surface area contributed by atoms with Gasteiger partial charge in [-0.1, -0.05) is 97.1 Å². The number of carbonyl (C=O) groups is 3. The third-order valence-electron chi connectivity index (χ3n) is 8.59. The Morgan fingerprint density at radius 1 is 0.886 bits per heavy atom. The van der Waals surface area contributed by atoms with Gasteiger partial charge >= 0.3 is 5.97 Å². The molecule has 2 N–H and O–H groups in total. The van der Waals surface area contributed by atoms with Crippen LogP contribution in [0.25, 0.3) is 12.2 Å². The number of hydrogen-bond donors (Lipinski definition) is 2. The van der Waals surface area contributed by atoms with E-state index in [0.29, 0.717) is 22.4 Å². The van der Waals surface area contributed by atoms with Crippen LogP contribution in [0.4, 0.5) is 11.4 Å². The van der Waals surface area contributed by atoms with Gasteiger partial charge < -0.3 is 5.11 Å². The van der Waals surface area contributed by atoms with Gasteiger partial charge in [0.15, 0.2) is 0 Å². The van der Waals surface area contributed by atoms with E-state index in [1.807, 2.05) is 66.7 Å². The molecule has 44 heavy (non-hydrogen) atoms. The van der Waals surface area contributed by atoms with Gasteiger partial charge in [0.05, 0.1) is 22.4 Å².